The Morgan fingerprint density at radius 2 is 2.31 bits per heavy atom. The molecule has 5 nitrogen and oxygen atoms in total. The van der Waals surface area contributed by atoms with Crippen LogP contribution in [0, 0.1) is 0 Å². The van der Waals surface area contributed by atoms with E-state index in [4.69, 9.17) is 4.74 Å². The van der Waals surface area contributed by atoms with Crippen molar-refractivity contribution in [3.8, 4) is 0 Å². The smallest absolute Gasteiger partial charge is 0.270 e. The Kier molecular flexibility index (Phi) is 4.72. The SMILES string of the molecule is CNc1cccc(C(=O)NC(C)COC)n1. The van der Waals surface area contributed by atoms with Gasteiger partial charge in [-0.2, -0.15) is 0 Å². The number of nitrogens with one attached hydrogen (secondary N) is 2. The second-order valence-electron chi connectivity index (χ2n) is 3.49. The summed E-state index contributed by atoms with van der Waals surface area (Å²) >= 11 is 0. The van der Waals surface area contributed by atoms with E-state index in [0.717, 1.165) is 0 Å². The quantitative estimate of drug-likeness (QED) is 0.778. The fourth-order valence-corrected chi connectivity index (χ4v) is 1.29. The van der Waals surface area contributed by atoms with Gasteiger partial charge in [0, 0.05) is 20.2 Å². The van der Waals surface area contributed by atoms with Gasteiger partial charge in [0.1, 0.15) is 11.5 Å². The third-order valence-electron chi connectivity index (χ3n) is 2.03. The number of amides is 1. The average Bonchev–Trinajstić information content (AvgIpc) is 2.29. The zero-order chi connectivity index (χ0) is 12.0. The molecule has 0 saturated heterocycles. The molecular weight excluding hydrogens is 206 g/mol. The van der Waals surface area contributed by atoms with Gasteiger partial charge in [-0.05, 0) is 19.1 Å². The number of pyridine rings is 1. The van der Waals surface area contributed by atoms with Crippen molar-refractivity contribution in [3.63, 3.8) is 0 Å². The van der Waals surface area contributed by atoms with E-state index in [0.29, 0.717) is 18.1 Å². The van der Waals surface area contributed by atoms with Gasteiger partial charge >= 0.3 is 0 Å². The van der Waals surface area contributed by atoms with Crippen LogP contribution in [0.15, 0.2) is 18.2 Å². The lowest BCUT2D eigenvalue weighted by Gasteiger charge is -2.12. The Morgan fingerprint density at radius 3 is 2.94 bits per heavy atom. The van der Waals surface area contributed by atoms with Crippen LogP contribution >= 0.6 is 0 Å². The van der Waals surface area contributed by atoms with E-state index >= 15 is 0 Å². The highest BCUT2D eigenvalue weighted by Crippen LogP contribution is 2.03. The average molecular weight is 223 g/mol. The lowest BCUT2D eigenvalue weighted by molar-refractivity contribution is 0.0900. The normalized spacial score (nSPS) is 11.9. The van der Waals surface area contributed by atoms with Gasteiger partial charge in [0.15, 0.2) is 0 Å². The first-order chi connectivity index (χ1) is 7.67. The van der Waals surface area contributed by atoms with Crippen molar-refractivity contribution in [2.75, 3.05) is 26.1 Å². The molecule has 0 aliphatic heterocycles. The summed E-state index contributed by atoms with van der Waals surface area (Å²) in [6, 6.07) is 5.23. The summed E-state index contributed by atoms with van der Waals surface area (Å²) in [4.78, 5) is 15.9. The molecule has 0 spiro atoms. The van der Waals surface area contributed by atoms with Crippen LogP contribution in [0.1, 0.15) is 17.4 Å². The number of nitrogens with zero attached hydrogens (tertiary/aromatic N) is 1. The van der Waals surface area contributed by atoms with Crippen molar-refractivity contribution < 1.29 is 9.53 Å². The van der Waals surface area contributed by atoms with E-state index in [1.807, 2.05) is 6.92 Å². The molecule has 2 N–H and O–H groups in total. The summed E-state index contributed by atoms with van der Waals surface area (Å²) in [5.74, 6) is 0.480. The molecule has 16 heavy (non-hydrogen) atoms. The molecule has 1 aromatic rings. The molecule has 0 saturated carbocycles. The van der Waals surface area contributed by atoms with E-state index in [1.165, 1.54) is 0 Å². The van der Waals surface area contributed by atoms with Crippen molar-refractivity contribution in [1.29, 1.82) is 0 Å². The van der Waals surface area contributed by atoms with E-state index in [9.17, 15) is 4.79 Å². The molecule has 88 valence electrons. The van der Waals surface area contributed by atoms with E-state index in [1.54, 1.807) is 32.4 Å². The summed E-state index contributed by atoms with van der Waals surface area (Å²) in [7, 11) is 3.36. The minimum Gasteiger partial charge on any atom is -0.383 e. The molecule has 1 atom stereocenters. The van der Waals surface area contributed by atoms with Crippen molar-refractivity contribution in [2.24, 2.45) is 0 Å². The van der Waals surface area contributed by atoms with Crippen LogP contribution in [-0.4, -0.2) is 37.7 Å². The zero-order valence-corrected chi connectivity index (χ0v) is 9.78. The van der Waals surface area contributed by atoms with Gasteiger partial charge < -0.3 is 15.4 Å². The topological polar surface area (TPSA) is 63.2 Å². The van der Waals surface area contributed by atoms with Gasteiger partial charge in [-0.1, -0.05) is 6.07 Å². The molecule has 1 aromatic heterocycles. The number of ether oxygens (including phenoxy) is 1. The Bertz CT molecular complexity index is 355. The van der Waals surface area contributed by atoms with Crippen molar-refractivity contribution >= 4 is 11.7 Å². The fraction of sp³-hybridized carbons (Fsp3) is 0.455. The highest BCUT2D eigenvalue weighted by atomic mass is 16.5. The van der Waals surface area contributed by atoms with Crippen LogP contribution in [0.5, 0.6) is 0 Å². The van der Waals surface area contributed by atoms with Crippen LogP contribution < -0.4 is 10.6 Å². The van der Waals surface area contributed by atoms with E-state index < -0.39 is 0 Å². The molecule has 0 aromatic carbocycles. The first-order valence-corrected chi connectivity index (χ1v) is 5.12. The summed E-state index contributed by atoms with van der Waals surface area (Å²) in [5, 5.41) is 5.68. The predicted octanol–water partition coefficient (Wildman–Crippen LogP) is 0.888. The molecule has 0 aliphatic carbocycles. The van der Waals surface area contributed by atoms with Gasteiger partial charge in [-0.3, -0.25) is 4.79 Å². The molecular formula is C11H17N3O2. The molecule has 1 unspecified atom stereocenters. The van der Waals surface area contributed by atoms with Gasteiger partial charge in [0.05, 0.1) is 6.61 Å². The first kappa shape index (κ1) is 12.4. The van der Waals surface area contributed by atoms with Crippen LogP contribution in [0.3, 0.4) is 0 Å². The van der Waals surface area contributed by atoms with Crippen LogP contribution in [-0.2, 0) is 4.74 Å². The molecule has 1 amide bonds. The highest BCUT2D eigenvalue weighted by Gasteiger charge is 2.10. The minimum absolute atomic E-state index is 0.0301. The van der Waals surface area contributed by atoms with Gasteiger partial charge in [-0.25, -0.2) is 4.98 Å². The van der Waals surface area contributed by atoms with Crippen molar-refractivity contribution in [3.05, 3.63) is 23.9 Å². The largest absolute Gasteiger partial charge is 0.383 e. The summed E-state index contributed by atoms with van der Waals surface area (Å²) < 4.78 is 4.94. The number of carbonyl (C=O) groups is 1. The number of carbonyl (C=O) groups excluding carboxylic acids is 1. The summed E-state index contributed by atoms with van der Waals surface area (Å²) in [5.41, 5.74) is 0.398. The third-order valence-corrected chi connectivity index (χ3v) is 2.03. The summed E-state index contributed by atoms with van der Waals surface area (Å²) in [6.07, 6.45) is 0. The highest BCUT2D eigenvalue weighted by molar-refractivity contribution is 5.92. The molecule has 0 fully saturated rings. The number of rotatable bonds is 5. The molecule has 5 heteroatoms. The minimum atomic E-state index is -0.193. The Balaban J connectivity index is 2.65. The molecule has 0 radical (unpaired) electrons. The second kappa shape index (κ2) is 6.07. The van der Waals surface area contributed by atoms with Crippen molar-refractivity contribution in [1.82, 2.24) is 10.3 Å². The molecule has 1 heterocycles. The lowest BCUT2D eigenvalue weighted by Crippen LogP contribution is -2.36. The fourth-order valence-electron chi connectivity index (χ4n) is 1.29. The lowest BCUT2D eigenvalue weighted by atomic mass is 10.3. The maximum absolute atomic E-state index is 11.7. The molecule has 1 rings (SSSR count). The van der Waals surface area contributed by atoms with Gasteiger partial charge in [-0.15, -0.1) is 0 Å². The van der Waals surface area contributed by atoms with Crippen LogP contribution in [0.2, 0.25) is 0 Å². The first-order valence-electron chi connectivity index (χ1n) is 5.12. The van der Waals surface area contributed by atoms with E-state index in [-0.39, 0.29) is 11.9 Å². The maximum Gasteiger partial charge on any atom is 0.270 e. The van der Waals surface area contributed by atoms with E-state index in [2.05, 4.69) is 15.6 Å². The zero-order valence-electron chi connectivity index (χ0n) is 9.78. The predicted molar refractivity (Wildman–Crippen MR) is 62.6 cm³/mol. The molecule has 0 bridgehead atoms. The van der Waals surface area contributed by atoms with Crippen molar-refractivity contribution in [2.45, 2.75) is 13.0 Å². The Morgan fingerprint density at radius 1 is 1.56 bits per heavy atom. The Labute approximate surface area is 95.2 Å². The van der Waals surface area contributed by atoms with Crippen LogP contribution in [0.25, 0.3) is 0 Å². The number of anilines is 1. The standard InChI is InChI=1S/C11H17N3O2/c1-8(7-16-3)13-11(15)9-5-4-6-10(12-2)14-9/h4-6,8H,7H2,1-3H3,(H,12,14)(H,13,15). The number of aromatic nitrogens is 1. The van der Waals surface area contributed by atoms with Gasteiger partial charge in [0.2, 0.25) is 0 Å². The number of hydrogen-bond acceptors (Lipinski definition) is 4. The monoisotopic (exact) mass is 223 g/mol. The third kappa shape index (κ3) is 3.51. The Hall–Kier alpha value is -1.62. The summed E-state index contributed by atoms with van der Waals surface area (Å²) in [6.45, 7) is 2.36. The number of methoxy groups -OCH3 is 1. The maximum atomic E-state index is 11.7. The van der Waals surface area contributed by atoms with Crippen LogP contribution in [0.4, 0.5) is 5.82 Å². The second-order valence-corrected chi connectivity index (χ2v) is 3.49. The molecule has 0 aliphatic rings. The number of hydrogen-bond donors (Lipinski definition) is 2. The van der Waals surface area contributed by atoms with Gasteiger partial charge in [0.25, 0.3) is 5.91 Å².